The lowest BCUT2D eigenvalue weighted by Crippen LogP contribution is -2.25. The lowest BCUT2D eigenvalue weighted by atomic mass is 10.0. The van der Waals surface area contributed by atoms with Crippen LogP contribution in [0, 0.1) is 0 Å². The zero-order chi connectivity index (χ0) is 26.6. The monoisotopic (exact) mass is 565 g/mol. The van der Waals surface area contributed by atoms with Gasteiger partial charge in [0.2, 0.25) is 0 Å². The Hall–Kier alpha value is -3.39. The van der Waals surface area contributed by atoms with Crippen molar-refractivity contribution in [2.45, 2.75) is 31.7 Å². The van der Waals surface area contributed by atoms with Gasteiger partial charge in [-0.3, -0.25) is 9.59 Å². The van der Waals surface area contributed by atoms with E-state index in [0.717, 1.165) is 40.4 Å². The van der Waals surface area contributed by atoms with Crippen LogP contribution in [0.5, 0.6) is 0 Å². The Morgan fingerprint density at radius 3 is 2.61 bits per heavy atom. The predicted octanol–water partition coefficient (Wildman–Crippen LogP) is 7.01. The Balaban J connectivity index is 1.20. The van der Waals surface area contributed by atoms with Crippen LogP contribution in [-0.4, -0.2) is 28.5 Å². The molecule has 1 atom stereocenters. The Kier molecular flexibility index (Phi) is 7.98. The summed E-state index contributed by atoms with van der Waals surface area (Å²) in [5.41, 5.74) is 7.14. The van der Waals surface area contributed by atoms with Gasteiger partial charge in [0.1, 0.15) is 5.01 Å². The molecule has 0 bridgehead atoms. The highest BCUT2D eigenvalue weighted by atomic mass is 35.5. The number of thiazole rings is 1. The number of fused-ring (bicyclic) bond motifs is 1. The number of nitrogens with one attached hydrogen (secondary N) is 2. The van der Waals surface area contributed by atoms with Gasteiger partial charge < -0.3 is 15.7 Å². The normalized spacial score (nSPS) is 14.2. The maximum absolute atomic E-state index is 12.1. The molecule has 0 radical (unpaired) electrons. The minimum Gasteiger partial charge on any atom is -0.481 e. The van der Waals surface area contributed by atoms with Gasteiger partial charge in [0, 0.05) is 41.2 Å². The number of hydrogen-bond donors (Lipinski definition) is 3. The first-order valence-electron chi connectivity index (χ1n) is 12.2. The average Bonchev–Trinajstić information content (AvgIpc) is 3.56. The second-order valence-electron chi connectivity index (χ2n) is 9.15. The SMILES string of the molecule is O=C(O)CCNC(=O)c1ccc(CNc2ccc3c(c2)CCC3c2nc(-c3ccc(Cl)c(Cl)c3)cs2)cc1. The molecule has 9 heteroatoms. The molecule has 0 spiro atoms. The van der Waals surface area contributed by atoms with Gasteiger partial charge in [0.05, 0.1) is 22.2 Å². The molecule has 1 amide bonds. The van der Waals surface area contributed by atoms with E-state index in [4.69, 9.17) is 33.3 Å². The number of carbonyl (C=O) groups excluding carboxylic acids is 1. The van der Waals surface area contributed by atoms with Crippen LogP contribution < -0.4 is 10.6 Å². The van der Waals surface area contributed by atoms with Gasteiger partial charge in [-0.05, 0) is 65.9 Å². The summed E-state index contributed by atoms with van der Waals surface area (Å²) < 4.78 is 0. The fraction of sp³-hybridized carbons (Fsp3) is 0.207. The zero-order valence-electron chi connectivity index (χ0n) is 20.3. The van der Waals surface area contributed by atoms with E-state index < -0.39 is 5.97 Å². The lowest BCUT2D eigenvalue weighted by Gasteiger charge is -2.12. The standard InChI is InChI=1S/C29H25Cl2N3O3S/c30-24-10-6-20(14-25(24)31)26-16-38-29(34-26)23-8-5-19-13-21(7-9-22(19)23)33-15-17-1-3-18(4-2-17)28(37)32-12-11-27(35)36/h1-4,6-7,9-10,13-14,16,23,33H,5,8,11-12,15H2,(H,32,37)(H,35,36). The van der Waals surface area contributed by atoms with E-state index in [1.807, 2.05) is 24.3 Å². The molecule has 38 heavy (non-hydrogen) atoms. The summed E-state index contributed by atoms with van der Waals surface area (Å²) in [6.45, 7) is 0.736. The molecule has 3 aromatic carbocycles. The molecule has 0 saturated carbocycles. The molecule has 3 N–H and O–H groups in total. The van der Waals surface area contributed by atoms with Gasteiger partial charge in [0.15, 0.2) is 0 Å². The maximum Gasteiger partial charge on any atom is 0.305 e. The largest absolute Gasteiger partial charge is 0.481 e. The second kappa shape index (κ2) is 11.6. The Morgan fingerprint density at radius 2 is 1.84 bits per heavy atom. The summed E-state index contributed by atoms with van der Waals surface area (Å²) in [6, 6.07) is 19.4. The number of aromatic nitrogens is 1. The smallest absolute Gasteiger partial charge is 0.305 e. The number of rotatable bonds is 9. The molecule has 0 saturated heterocycles. The van der Waals surface area contributed by atoms with Crippen LogP contribution in [0.15, 0.2) is 66.0 Å². The number of carbonyl (C=O) groups is 2. The van der Waals surface area contributed by atoms with Crippen molar-refractivity contribution in [1.29, 1.82) is 0 Å². The molecule has 0 aliphatic heterocycles. The van der Waals surface area contributed by atoms with Crippen molar-refractivity contribution >= 4 is 52.1 Å². The Labute approximate surface area is 234 Å². The molecule has 0 fully saturated rings. The number of aryl methyl sites for hydroxylation is 1. The van der Waals surface area contributed by atoms with Gasteiger partial charge in [-0.25, -0.2) is 4.98 Å². The zero-order valence-corrected chi connectivity index (χ0v) is 22.7. The molecule has 1 aromatic heterocycles. The number of halogens is 2. The third-order valence-electron chi connectivity index (χ3n) is 6.59. The van der Waals surface area contributed by atoms with E-state index >= 15 is 0 Å². The quantitative estimate of drug-likeness (QED) is 0.203. The van der Waals surface area contributed by atoms with E-state index in [0.29, 0.717) is 22.2 Å². The number of nitrogens with zero attached hydrogens (tertiary/aromatic N) is 1. The number of carboxylic acid groups (broad SMARTS) is 1. The number of aliphatic carboxylic acids is 1. The average molecular weight is 567 g/mol. The third-order valence-corrected chi connectivity index (χ3v) is 8.29. The number of hydrogen-bond acceptors (Lipinski definition) is 5. The topological polar surface area (TPSA) is 91.3 Å². The third kappa shape index (κ3) is 6.01. The Bertz CT molecular complexity index is 1490. The van der Waals surface area contributed by atoms with E-state index in [1.165, 1.54) is 11.1 Å². The molecule has 1 heterocycles. The van der Waals surface area contributed by atoms with Crippen molar-refractivity contribution < 1.29 is 14.7 Å². The van der Waals surface area contributed by atoms with Gasteiger partial charge in [-0.2, -0.15) is 0 Å². The lowest BCUT2D eigenvalue weighted by molar-refractivity contribution is -0.136. The first-order valence-corrected chi connectivity index (χ1v) is 13.9. The highest BCUT2D eigenvalue weighted by Gasteiger charge is 2.27. The molecule has 194 valence electrons. The van der Waals surface area contributed by atoms with Crippen molar-refractivity contribution in [3.05, 3.63) is 103 Å². The summed E-state index contributed by atoms with van der Waals surface area (Å²) in [5.74, 6) is -0.927. The molecular weight excluding hydrogens is 541 g/mol. The molecular formula is C29H25Cl2N3O3S. The fourth-order valence-electron chi connectivity index (χ4n) is 4.58. The molecule has 4 aromatic rings. The van der Waals surface area contributed by atoms with Crippen LogP contribution in [0.1, 0.15) is 50.8 Å². The molecule has 5 rings (SSSR count). The minimum absolute atomic E-state index is 0.0983. The van der Waals surface area contributed by atoms with Crippen LogP contribution in [0.4, 0.5) is 5.69 Å². The first kappa shape index (κ1) is 26.2. The molecule has 6 nitrogen and oxygen atoms in total. The first-order chi connectivity index (χ1) is 18.4. The minimum atomic E-state index is -0.939. The number of anilines is 1. The van der Waals surface area contributed by atoms with E-state index in [9.17, 15) is 9.59 Å². The number of benzene rings is 3. The fourth-order valence-corrected chi connectivity index (χ4v) is 5.86. The summed E-state index contributed by atoms with van der Waals surface area (Å²) in [4.78, 5) is 27.6. The molecule has 1 aliphatic carbocycles. The van der Waals surface area contributed by atoms with Crippen LogP contribution in [0.25, 0.3) is 11.3 Å². The Morgan fingerprint density at radius 1 is 1.03 bits per heavy atom. The molecule has 1 unspecified atom stereocenters. The van der Waals surface area contributed by atoms with Crippen molar-refractivity contribution in [2.24, 2.45) is 0 Å². The van der Waals surface area contributed by atoms with Crippen LogP contribution >= 0.6 is 34.5 Å². The predicted molar refractivity (Wildman–Crippen MR) is 153 cm³/mol. The second-order valence-corrected chi connectivity index (χ2v) is 10.9. The maximum atomic E-state index is 12.1. The van der Waals surface area contributed by atoms with Gasteiger partial charge in [0.25, 0.3) is 5.91 Å². The van der Waals surface area contributed by atoms with Gasteiger partial charge in [-0.15, -0.1) is 11.3 Å². The highest BCUT2D eigenvalue weighted by molar-refractivity contribution is 7.10. The van der Waals surface area contributed by atoms with E-state index in [1.54, 1.807) is 29.5 Å². The van der Waals surface area contributed by atoms with Crippen molar-refractivity contribution in [1.82, 2.24) is 10.3 Å². The highest BCUT2D eigenvalue weighted by Crippen LogP contribution is 2.41. The van der Waals surface area contributed by atoms with Crippen LogP contribution in [-0.2, 0) is 17.8 Å². The number of carboxylic acids is 1. The summed E-state index contributed by atoms with van der Waals surface area (Å²) in [5, 5.41) is 19.0. The van der Waals surface area contributed by atoms with Crippen LogP contribution in [0.3, 0.4) is 0 Å². The van der Waals surface area contributed by atoms with Crippen molar-refractivity contribution in [3.63, 3.8) is 0 Å². The summed E-state index contributed by atoms with van der Waals surface area (Å²) in [6.07, 6.45) is 1.94. The van der Waals surface area contributed by atoms with Crippen LogP contribution in [0.2, 0.25) is 10.0 Å². The van der Waals surface area contributed by atoms with E-state index in [2.05, 4.69) is 34.2 Å². The van der Waals surface area contributed by atoms with E-state index in [-0.39, 0.29) is 24.8 Å². The van der Waals surface area contributed by atoms with Gasteiger partial charge in [-0.1, -0.05) is 47.5 Å². The van der Waals surface area contributed by atoms with Crippen molar-refractivity contribution in [2.75, 3.05) is 11.9 Å². The number of amides is 1. The molecule has 1 aliphatic rings. The summed E-state index contributed by atoms with van der Waals surface area (Å²) in [7, 11) is 0. The summed E-state index contributed by atoms with van der Waals surface area (Å²) >= 11 is 13.9. The van der Waals surface area contributed by atoms with Crippen molar-refractivity contribution in [3.8, 4) is 11.3 Å². The van der Waals surface area contributed by atoms with Gasteiger partial charge >= 0.3 is 5.97 Å².